The van der Waals surface area contributed by atoms with Crippen molar-refractivity contribution in [1.82, 2.24) is 21.3 Å². The standard InChI is InChI=1S/C40H53F17N4O8/c1-2-3-4-5-6-11-18-59-30(63)28(61-31(64)33(41,42)34(43,44)35(45,46)36(47,48)37(49,50)38(51,52)39(53,54)40(55,56)57)15-10-12-17-58-29(62)16-20-66-22-24-68-25-23-67-21-19-60-32(65)69-26-27-13-8-7-9-14-27/h7-9,13-14,28H,2-6,10-12,15-26H2,1H3,(H,58,62)(H,59,63)(H,60,65)(H,61,64)/t28-/m0/s1. The van der Waals surface area contributed by atoms with Gasteiger partial charge in [0.15, 0.2) is 0 Å². The van der Waals surface area contributed by atoms with Crippen molar-refractivity contribution in [1.29, 1.82) is 0 Å². The Morgan fingerprint density at radius 2 is 1.00 bits per heavy atom. The summed E-state index contributed by atoms with van der Waals surface area (Å²) in [6, 6.07) is 6.56. The number of hydrogen-bond acceptors (Lipinski definition) is 8. The lowest BCUT2D eigenvalue weighted by atomic mass is 9.88. The number of alkyl carbamates (subject to hydrolysis) is 1. The van der Waals surface area contributed by atoms with Crippen LogP contribution in [-0.4, -0.2) is 137 Å². The van der Waals surface area contributed by atoms with E-state index in [0.29, 0.717) is 12.8 Å². The zero-order chi connectivity index (χ0) is 52.8. The van der Waals surface area contributed by atoms with Gasteiger partial charge in [0.05, 0.1) is 39.6 Å². The number of ether oxygens (including phenoxy) is 4. The highest BCUT2D eigenvalue weighted by atomic mass is 19.4. The number of unbranched alkanes of at least 4 members (excludes halogenated alkanes) is 6. The molecule has 1 atom stereocenters. The number of nitrogens with one attached hydrogen (secondary N) is 4. The van der Waals surface area contributed by atoms with Crippen molar-refractivity contribution >= 4 is 23.8 Å². The van der Waals surface area contributed by atoms with E-state index < -0.39 is 90.3 Å². The molecule has 0 aliphatic heterocycles. The molecule has 0 bridgehead atoms. The third-order valence-corrected chi connectivity index (χ3v) is 9.65. The quantitative estimate of drug-likeness (QED) is 0.0390. The first kappa shape index (κ1) is 62.6. The van der Waals surface area contributed by atoms with Gasteiger partial charge in [-0.3, -0.25) is 14.4 Å². The fourth-order valence-corrected chi connectivity index (χ4v) is 5.56. The van der Waals surface area contributed by atoms with Gasteiger partial charge < -0.3 is 40.2 Å². The molecule has 400 valence electrons. The van der Waals surface area contributed by atoms with Gasteiger partial charge in [-0.2, -0.15) is 74.6 Å². The highest BCUT2D eigenvalue weighted by Crippen LogP contribution is 2.64. The van der Waals surface area contributed by atoms with Gasteiger partial charge in [0.1, 0.15) is 12.6 Å². The van der Waals surface area contributed by atoms with Crippen LogP contribution in [-0.2, 0) is 39.9 Å². The van der Waals surface area contributed by atoms with Crippen molar-refractivity contribution in [3.63, 3.8) is 0 Å². The van der Waals surface area contributed by atoms with E-state index in [0.717, 1.165) is 30.1 Å². The average molecular weight is 1040 g/mol. The first-order valence-corrected chi connectivity index (χ1v) is 21.1. The van der Waals surface area contributed by atoms with Crippen LogP contribution in [0.15, 0.2) is 30.3 Å². The first-order valence-electron chi connectivity index (χ1n) is 21.1. The Bertz CT molecular complexity index is 1710. The number of halogens is 17. The third-order valence-electron chi connectivity index (χ3n) is 9.65. The monoisotopic (exact) mass is 1040 g/mol. The van der Waals surface area contributed by atoms with Crippen LogP contribution in [0.4, 0.5) is 79.4 Å². The summed E-state index contributed by atoms with van der Waals surface area (Å²) in [4.78, 5) is 49.0. The smallest absolute Gasteiger partial charge is 0.445 e. The molecule has 0 unspecified atom stereocenters. The van der Waals surface area contributed by atoms with E-state index in [-0.39, 0.29) is 85.1 Å². The highest BCUT2D eigenvalue weighted by Gasteiger charge is 2.95. The molecule has 12 nitrogen and oxygen atoms in total. The van der Waals surface area contributed by atoms with Gasteiger partial charge in [-0.25, -0.2) is 4.79 Å². The van der Waals surface area contributed by atoms with E-state index >= 15 is 0 Å². The van der Waals surface area contributed by atoms with Crippen molar-refractivity contribution in [2.24, 2.45) is 0 Å². The Kier molecular flexibility index (Phi) is 25.3. The van der Waals surface area contributed by atoms with Crippen molar-refractivity contribution in [2.45, 2.75) is 131 Å². The molecule has 0 spiro atoms. The molecule has 69 heavy (non-hydrogen) atoms. The van der Waals surface area contributed by atoms with Crippen LogP contribution in [0.5, 0.6) is 0 Å². The summed E-state index contributed by atoms with van der Waals surface area (Å²) in [5.74, 6) is -65.0. The van der Waals surface area contributed by atoms with Crippen LogP contribution >= 0.6 is 0 Å². The summed E-state index contributed by atoms with van der Waals surface area (Å²) in [6.45, 7) is 2.18. The minimum Gasteiger partial charge on any atom is -0.445 e. The summed E-state index contributed by atoms with van der Waals surface area (Å²) in [7, 11) is 0. The second kappa shape index (κ2) is 27.8. The fraction of sp³-hybridized carbons (Fsp3) is 0.750. The molecule has 1 aromatic rings. The predicted molar refractivity (Wildman–Crippen MR) is 208 cm³/mol. The van der Waals surface area contributed by atoms with Crippen LogP contribution in [0.2, 0.25) is 0 Å². The number of amides is 4. The zero-order valence-corrected chi connectivity index (χ0v) is 36.8. The molecule has 0 radical (unpaired) electrons. The maximum atomic E-state index is 14.7. The van der Waals surface area contributed by atoms with Crippen LogP contribution in [0.3, 0.4) is 0 Å². The molecule has 0 saturated heterocycles. The van der Waals surface area contributed by atoms with E-state index in [4.69, 9.17) is 18.9 Å². The minimum atomic E-state index is -8.87. The molecular formula is C40H53F17N4O8. The molecule has 0 saturated carbocycles. The van der Waals surface area contributed by atoms with E-state index in [1.165, 1.54) is 0 Å². The first-order chi connectivity index (χ1) is 31.9. The van der Waals surface area contributed by atoms with E-state index in [9.17, 15) is 93.8 Å². The van der Waals surface area contributed by atoms with Gasteiger partial charge in [-0.05, 0) is 31.2 Å². The minimum absolute atomic E-state index is 0.0461. The van der Waals surface area contributed by atoms with Crippen molar-refractivity contribution in [3.05, 3.63) is 35.9 Å². The van der Waals surface area contributed by atoms with Crippen LogP contribution in [0, 0.1) is 0 Å². The van der Waals surface area contributed by atoms with E-state index in [2.05, 4.69) is 16.0 Å². The Balaban J connectivity index is 2.72. The fourth-order valence-electron chi connectivity index (χ4n) is 5.56. The topological polar surface area (TPSA) is 153 Å². The third kappa shape index (κ3) is 17.4. The van der Waals surface area contributed by atoms with Gasteiger partial charge in [-0.1, -0.05) is 69.4 Å². The lowest BCUT2D eigenvalue weighted by molar-refractivity contribution is -0.459. The molecule has 0 fully saturated rings. The lowest BCUT2D eigenvalue weighted by Gasteiger charge is -2.42. The number of hydrogen-bond donors (Lipinski definition) is 4. The molecule has 0 aliphatic rings. The molecule has 1 aromatic carbocycles. The Labute approximate surface area is 384 Å². The van der Waals surface area contributed by atoms with E-state index in [1.807, 2.05) is 13.0 Å². The summed E-state index contributed by atoms with van der Waals surface area (Å²) >= 11 is 0. The van der Waals surface area contributed by atoms with Crippen LogP contribution < -0.4 is 21.3 Å². The summed E-state index contributed by atoms with van der Waals surface area (Å²) < 4.78 is 255. The number of carbonyl (C=O) groups excluding carboxylic acids is 4. The number of carbonyl (C=O) groups is 4. The van der Waals surface area contributed by atoms with Gasteiger partial charge in [-0.15, -0.1) is 0 Å². The zero-order valence-electron chi connectivity index (χ0n) is 36.8. The Morgan fingerprint density at radius 1 is 0.522 bits per heavy atom. The second-order valence-corrected chi connectivity index (χ2v) is 15.0. The van der Waals surface area contributed by atoms with Gasteiger partial charge >= 0.3 is 53.7 Å². The Morgan fingerprint density at radius 3 is 1.57 bits per heavy atom. The Hall–Kier alpha value is -4.41. The molecule has 4 amide bonds. The highest BCUT2D eigenvalue weighted by molar-refractivity contribution is 5.91. The normalized spacial score (nSPS) is 13.7. The van der Waals surface area contributed by atoms with Crippen LogP contribution in [0.1, 0.15) is 76.7 Å². The molecular weight excluding hydrogens is 987 g/mol. The van der Waals surface area contributed by atoms with Gasteiger partial charge in [0, 0.05) is 26.1 Å². The van der Waals surface area contributed by atoms with E-state index in [1.54, 1.807) is 24.3 Å². The molecule has 1 rings (SSSR count). The average Bonchev–Trinajstić information content (AvgIpc) is 3.27. The SMILES string of the molecule is CCCCCCCCNC(=O)[C@H](CCCCNC(=O)CCOCCOCCOCCNC(=O)OCc1ccccc1)NC(=O)C(F)(F)C(F)(F)C(F)(F)C(F)(F)C(F)(F)C(F)(F)C(F)(F)C(F)(F)F. The molecule has 29 heteroatoms. The summed E-state index contributed by atoms with van der Waals surface area (Å²) in [6.07, 6.45) is -6.43. The number of rotatable bonds is 35. The van der Waals surface area contributed by atoms with Crippen LogP contribution in [0.25, 0.3) is 0 Å². The predicted octanol–water partition coefficient (Wildman–Crippen LogP) is 8.61. The number of alkyl halides is 17. The second-order valence-electron chi connectivity index (χ2n) is 15.0. The largest absolute Gasteiger partial charge is 0.460 e. The maximum absolute atomic E-state index is 14.7. The molecule has 4 N–H and O–H groups in total. The molecule has 0 aliphatic carbocycles. The molecule has 0 heterocycles. The van der Waals surface area contributed by atoms with Crippen molar-refractivity contribution in [3.8, 4) is 0 Å². The molecule has 0 aromatic heterocycles. The number of benzene rings is 1. The van der Waals surface area contributed by atoms with Gasteiger partial charge in [0.25, 0.3) is 5.91 Å². The summed E-state index contributed by atoms with van der Waals surface area (Å²) in [5, 5.41) is 7.82. The lowest BCUT2D eigenvalue weighted by Crippen LogP contribution is -2.75. The maximum Gasteiger partial charge on any atom is 0.460 e. The van der Waals surface area contributed by atoms with Crippen molar-refractivity contribution < 1.29 is 113 Å². The van der Waals surface area contributed by atoms with Crippen molar-refractivity contribution in [2.75, 3.05) is 59.3 Å². The van der Waals surface area contributed by atoms with Gasteiger partial charge in [0.2, 0.25) is 11.8 Å². The summed E-state index contributed by atoms with van der Waals surface area (Å²) in [5.41, 5.74) is 0.811.